The summed E-state index contributed by atoms with van der Waals surface area (Å²) in [5.41, 5.74) is 1.33. The summed E-state index contributed by atoms with van der Waals surface area (Å²) in [7, 11) is 0. The molecule has 29 heavy (non-hydrogen) atoms. The van der Waals surface area contributed by atoms with E-state index >= 15 is 0 Å². The van der Waals surface area contributed by atoms with Crippen molar-refractivity contribution in [1.29, 1.82) is 0 Å². The molecule has 0 aliphatic carbocycles. The molecule has 3 rings (SSSR count). The number of ether oxygens (including phenoxy) is 2. The highest BCUT2D eigenvalue weighted by Crippen LogP contribution is 2.33. The van der Waals surface area contributed by atoms with Crippen LogP contribution in [0.4, 0.5) is 0 Å². The first-order chi connectivity index (χ1) is 14.0. The van der Waals surface area contributed by atoms with Gasteiger partial charge in [0.2, 0.25) is 0 Å². The van der Waals surface area contributed by atoms with Crippen molar-refractivity contribution < 1.29 is 14.4 Å². The van der Waals surface area contributed by atoms with E-state index in [0.29, 0.717) is 41.9 Å². The summed E-state index contributed by atoms with van der Waals surface area (Å²) in [6.45, 7) is 12.6. The normalized spacial score (nSPS) is 13.0. The highest BCUT2D eigenvalue weighted by molar-refractivity contribution is 7.80. The number of nitrogens with one attached hydrogen (secondary N) is 3. The second kappa shape index (κ2) is 9.93. The molecule has 0 saturated carbocycles. The van der Waals surface area contributed by atoms with Gasteiger partial charge in [-0.25, -0.2) is 0 Å². The molecule has 1 aromatic heterocycles. The Labute approximate surface area is 177 Å². The number of pyridine rings is 1. The molecule has 0 spiro atoms. The Morgan fingerprint density at radius 2 is 1.86 bits per heavy atom. The van der Waals surface area contributed by atoms with Gasteiger partial charge in [0.1, 0.15) is 13.2 Å². The number of quaternary nitrogens is 1. The van der Waals surface area contributed by atoms with Crippen LogP contribution in [0.25, 0.3) is 10.9 Å². The SMILES string of the molecule is CCNC(=S)N(CC[NH+](CC)CC)Cc1cc2cc3c(cc2[nH]c1=O)OCCO3. The summed E-state index contributed by atoms with van der Waals surface area (Å²) in [6, 6.07) is 5.69. The predicted molar refractivity (Wildman–Crippen MR) is 119 cm³/mol. The molecule has 0 radical (unpaired) electrons. The van der Waals surface area contributed by atoms with Crippen molar-refractivity contribution in [2.24, 2.45) is 0 Å². The van der Waals surface area contributed by atoms with Gasteiger partial charge in [-0.15, -0.1) is 0 Å². The summed E-state index contributed by atoms with van der Waals surface area (Å²) >= 11 is 5.57. The van der Waals surface area contributed by atoms with E-state index in [1.807, 2.05) is 25.1 Å². The fourth-order valence-electron chi connectivity index (χ4n) is 3.52. The van der Waals surface area contributed by atoms with Crippen molar-refractivity contribution in [3.05, 3.63) is 34.1 Å². The minimum absolute atomic E-state index is 0.103. The first kappa shape index (κ1) is 21.4. The second-order valence-electron chi connectivity index (χ2n) is 7.17. The molecule has 7 nitrogen and oxygen atoms in total. The number of fused-ring (bicyclic) bond motifs is 2. The average Bonchev–Trinajstić information content (AvgIpc) is 2.72. The number of H-pyrrole nitrogens is 1. The largest absolute Gasteiger partial charge is 0.486 e. The number of aromatic nitrogens is 1. The lowest BCUT2D eigenvalue weighted by atomic mass is 10.1. The van der Waals surface area contributed by atoms with Gasteiger partial charge in [0.05, 0.1) is 38.2 Å². The molecule has 0 fully saturated rings. The van der Waals surface area contributed by atoms with Gasteiger partial charge in [0, 0.05) is 23.6 Å². The molecule has 0 amide bonds. The number of nitrogens with zero attached hydrogens (tertiary/aromatic N) is 1. The van der Waals surface area contributed by atoms with Crippen LogP contribution in [0.3, 0.4) is 0 Å². The van der Waals surface area contributed by atoms with Crippen molar-refractivity contribution in [3.63, 3.8) is 0 Å². The lowest BCUT2D eigenvalue weighted by Crippen LogP contribution is -3.12. The van der Waals surface area contributed by atoms with Gasteiger partial charge in [-0.05, 0) is 45.1 Å². The van der Waals surface area contributed by atoms with Gasteiger partial charge in [0.25, 0.3) is 5.56 Å². The number of hydrogen-bond donors (Lipinski definition) is 3. The van der Waals surface area contributed by atoms with Crippen LogP contribution in [-0.4, -0.2) is 60.9 Å². The van der Waals surface area contributed by atoms with Crippen LogP contribution in [0.15, 0.2) is 23.0 Å². The summed E-state index contributed by atoms with van der Waals surface area (Å²) in [6.07, 6.45) is 0. The highest BCUT2D eigenvalue weighted by atomic mass is 32.1. The number of hydrogen-bond acceptors (Lipinski definition) is 4. The molecule has 3 N–H and O–H groups in total. The van der Waals surface area contributed by atoms with Crippen LogP contribution in [0, 0.1) is 0 Å². The van der Waals surface area contributed by atoms with E-state index in [2.05, 4.69) is 29.0 Å². The molecule has 1 aromatic carbocycles. The maximum Gasteiger partial charge on any atom is 0.253 e. The molecule has 8 heteroatoms. The standard InChI is InChI=1S/C21H30N4O3S/c1-4-22-21(29)25(8-7-24(5-2)6-3)14-16-11-15-12-18-19(28-10-9-27-18)13-17(15)23-20(16)26/h11-13H,4-10,14H2,1-3H3,(H,22,29)(H,23,26)/p+1. The number of likely N-dealkylation sites (N-methyl/N-ethyl adjacent to an activating group) is 1. The van der Waals surface area contributed by atoms with E-state index in [1.54, 1.807) is 0 Å². The number of rotatable bonds is 8. The number of benzene rings is 1. The van der Waals surface area contributed by atoms with Gasteiger partial charge < -0.3 is 29.6 Å². The molecule has 2 aromatic rings. The molecule has 0 atom stereocenters. The van der Waals surface area contributed by atoms with Gasteiger partial charge in [0.15, 0.2) is 16.6 Å². The smallest absolute Gasteiger partial charge is 0.253 e. The van der Waals surface area contributed by atoms with E-state index in [9.17, 15) is 4.79 Å². The van der Waals surface area contributed by atoms with Crippen molar-refractivity contribution in [1.82, 2.24) is 15.2 Å². The monoisotopic (exact) mass is 419 g/mol. The number of thiocarbonyl (C=S) groups is 1. The van der Waals surface area contributed by atoms with E-state index in [4.69, 9.17) is 21.7 Å². The topological polar surface area (TPSA) is 71.0 Å². The van der Waals surface area contributed by atoms with Crippen LogP contribution in [0.1, 0.15) is 26.3 Å². The zero-order valence-electron chi connectivity index (χ0n) is 17.5. The van der Waals surface area contributed by atoms with Crippen molar-refractivity contribution >= 4 is 28.2 Å². The lowest BCUT2D eigenvalue weighted by molar-refractivity contribution is -0.895. The van der Waals surface area contributed by atoms with E-state index < -0.39 is 0 Å². The summed E-state index contributed by atoms with van der Waals surface area (Å²) in [5.74, 6) is 1.39. The first-order valence-electron chi connectivity index (χ1n) is 10.4. The third-order valence-electron chi connectivity index (χ3n) is 5.30. The van der Waals surface area contributed by atoms with Gasteiger partial charge in [-0.2, -0.15) is 0 Å². The summed E-state index contributed by atoms with van der Waals surface area (Å²) < 4.78 is 11.3. The van der Waals surface area contributed by atoms with Crippen molar-refractivity contribution in [2.75, 3.05) is 45.9 Å². The van der Waals surface area contributed by atoms with Crippen LogP contribution >= 0.6 is 12.2 Å². The zero-order chi connectivity index (χ0) is 20.8. The van der Waals surface area contributed by atoms with E-state index in [1.165, 1.54) is 4.90 Å². The van der Waals surface area contributed by atoms with E-state index in [0.717, 1.165) is 43.6 Å². The van der Waals surface area contributed by atoms with E-state index in [-0.39, 0.29) is 5.56 Å². The highest BCUT2D eigenvalue weighted by Gasteiger charge is 2.17. The fraction of sp³-hybridized carbons (Fsp3) is 0.524. The quantitative estimate of drug-likeness (QED) is 0.553. The average molecular weight is 420 g/mol. The number of aromatic amines is 1. The Kier molecular flexibility index (Phi) is 7.33. The molecule has 0 unspecified atom stereocenters. The Morgan fingerprint density at radius 1 is 1.17 bits per heavy atom. The molecular weight excluding hydrogens is 388 g/mol. The molecule has 2 heterocycles. The summed E-state index contributed by atoms with van der Waals surface area (Å²) in [5, 5.41) is 4.83. The predicted octanol–water partition coefficient (Wildman–Crippen LogP) is 0.920. The molecule has 1 aliphatic rings. The molecule has 0 bridgehead atoms. The fourth-order valence-corrected chi connectivity index (χ4v) is 3.82. The molecule has 158 valence electrons. The maximum absolute atomic E-state index is 12.7. The maximum atomic E-state index is 12.7. The minimum atomic E-state index is -0.103. The van der Waals surface area contributed by atoms with Crippen molar-refractivity contribution in [2.45, 2.75) is 27.3 Å². The lowest BCUT2D eigenvalue weighted by Gasteiger charge is -2.27. The van der Waals surface area contributed by atoms with Crippen molar-refractivity contribution in [3.8, 4) is 11.5 Å². The Balaban J connectivity index is 1.86. The summed E-state index contributed by atoms with van der Waals surface area (Å²) in [4.78, 5) is 19.3. The van der Waals surface area contributed by atoms with Crippen LogP contribution in [-0.2, 0) is 6.54 Å². The van der Waals surface area contributed by atoms with Gasteiger partial charge in [-0.3, -0.25) is 4.79 Å². The first-order valence-corrected chi connectivity index (χ1v) is 10.8. The zero-order valence-corrected chi connectivity index (χ0v) is 18.3. The second-order valence-corrected chi connectivity index (χ2v) is 7.56. The molecule has 0 saturated heterocycles. The Bertz CT molecular complexity index is 911. The molecular formula is C21H31N4O3S+. The minimum Gasteiger partial charge on any atom is -0.486 e. The van der Waals surface area contributed by atoms with Crippen LogP contribution in [0.2, 0.25) is 0 Å². The van der Waals surface area contributed by atoms with Gasteiger partial charge in [-0.1, -0.05) is 0 Å². The van der Waals surface area contributed by atoms with Crippen LogP contribution in [0.5, 0.6) is 11.5 Å². The Morgan fingerprint density at radius 3 is 2.52 bits per heavy atom. The molecule has 1 aliphatic heterocycles. The van der Waals surface area contributed by atoms with Gasteiger partial charge >= 0.3 is 0 Å². The third-order valence-corrected chi connectivity index (χ3v) is 5.70. The Hall–Kier alpha value is -2.32. The third kappa shape index (κ3) is 5.19. The van der Waals surface area contributed by atoms with Crippen LogP contribution < -0.4 is 25.2 Å².